The first-order valence-corrected chi connectivity index (χ1v) is 13.9. The molecule has 4 rings (SSSR count). The van der Waals surface area contributed by atoms with Crippen LogP contribution in [0.1, 0.15) is 68.7 Å². The van der Waals surface area contributed by atoms with Crippen LogP contribution < -0.4 is 16.1 Å². The van der Waals surface area contributed by atoms with Crippen molar-refractivity contribution in [2.75, 3.05) is 4.90 Å². The van der Waals surface area contributed by atoms with Gasteiger partial charge in [-0.2, -0.15) is 0 Å². The van der Waals surface area contributed by atoms with Gasteiger partial charge in [-0.25, -0.2) is 9.80 Å². The summed E-state index contributed by atoms with van der Waals surface area (Å²) in [6, 6.07) is 22.4. The minimum Gasteiger partial charge on any atom is -0.351 e. The van der Waals surface area contributed by atoms with Crippen LogP contribution in [0.5, 0.6) is 0 Å². The van der Waals surface area contributed by atoms with Crippen molar-refractivity contribution in [3.8, 4) is 0 Å². The molecule has 0 aliphatic carbocycles. The predicted molar refractivity (Wildman–Crippen MR) is 159 cm³/mol. The van der Waals surface area contributed by atoms with E-state index < -0.39 is 24.0 Å². The predicted octanol–water partition coefficient (Wildman–Crippen LogP) is 6.52. The Morgan fingerprint density at radius 2 is 1.65 bits per heavy atom. The number of halogens is 1. The number of rotatable bonds is 6. The third-order valence-electron chi connectivity index (χ3n) is 7.12. The van der Waals surface area contributed by atoms with Gasteiger partial charge in [0, 0.05) is 17.1 Å². The van der Waals surface area contributed by atoms with E-state index in [0.717, 1.165) is 16.7 Å². The van der Waals surface area contributed by atoms with Gasteiger partial charge in [0.1, 0.15) is 6.04 Å². The fourth-order valence-corrected chi connectivity index (χ4v) is 5.59. The quantitative estimate of drug-likeness (QED) is 0.359. The van der Waals surface area contributed by atoms with Crippen molar-refractivity contribution in [1.82, 2.24) is 10.4 Å². The molecule has 3 atom stereocenters. The SMILES string of the molecule is Cc1cccc(C2CC(c3ccccc3)CC(N(C(N)=O)c3cccc(Cl)c3)C(=O)N2NC(=O)CC(C)(C)C)c1. The zero-order valence-electron chi connectivity index (χ0n) is 23.4. The Hall–Kier alpha value is -3.84. The smallest absolute Gasteiger partial charge is 0.320 e. The molecule has 4 amide bonds. The van der Waals surface area contributed by atoms with Crippen molar-refractivity contribution < 1.29 is 14.4 Å². The van der Waals surface area contributed by atoms with E-state index in [0.29, 0.717) is 23.6 Å². The topological polar surface area (TPSA) is 95.7 Å². The third kappa shape index (κ3) is 7.02. The number of carbonyl (C=O) groups excluding carboxylic acids is 3. The zero-order chi connectivity index (χ0) is 29.0. The number of urea groups is 1. The third-order valence-corrected chi connectivity index (χ3v) is 7.35. The van der Waals surface area contributed by atoms with Crippen LogP contribution in [0.4, 0.5) is 10.5 Å². The van der Waals surface area contributed by atoms with Gasteiger partial charge in [0.15, 0.2) is 0 Å². The molecule has 3 aromatic rings. The maximum absolute atomic E-state index is 14.5. The highest BCUT2D eigenvalue weighted by atomic mass is 35.5. The molecule has 210 valence electrons. The standard InChI is InChI=1S/C32H37ClN4O3/c1-21-10-8-13-23(16-21)27-17-24(22-11-6-5-7-12-22)18-28(30(39)37(27)35-29(38)20-32(2,3)4)36(31(34)40)26-15-9-14-25(33)19-26/h5-16,19,24,27-28H,17-18,20H2,1-4H3,(H2,34,40)(H,35,38). The summed E-state index contributed by atoms with van der Waals surface area (Å²) in [5.41, 5.74) is 12.0. The minimum atomic E-state index is -0.981. The van der Waals surface area contributed by atoms with E-state index in [1.165, 1.54) is 9.91 Å². The Morgan fingerprint density at radius 1 is 0.975 bits per heavy atom. The first-order chi connectivity index (χ1) is 18.9. The summed E-state index contributed by atoms with van der Waals surface area (Å²) in [4.78, 5) is 42.1. The molecule has 40 heavy (non-hydrogen) atoms. The summed E-state index contributed by atoms with van der Waals surface area (Å²) < 4.78 is 0. The molecule has 1 heterocycles. The fourth-order valence-electron chi connectivity index (χ4n) is 5.41. The van der Waals surface area contributed by atoms with Crippen LogP contribution in [0, 0.1) is 12.3 Å². The molecule has 1 fully saturated rings. The molecule has 8 heteroatoms. The minimum absolute atomic E-state index is 0.119. The second kappa shape index (κ2) is 12.1. The van der Waals surface area contributed by atoms with Gasteiger partial charge in [0.05, 0.1) is 6.04 Å². The highest BCUT2D eigenvalue weighted by molar-refractivity contribution is 6.31. The van der Waals surface area contributed by atoms with Crippen molar-refractivity contribution in [1.29, 1.82) is 0 Å². The largest absolute Gasteiger partial charge is 0.351 e. The lowest BCUT2D eigenvalue weighted by molar-refractivity contribution is -0.145. The number of nitrogens with zero attached hydrogens (tertiary/aromatic N) is 2. The van der Waals surface area contributed by atoms with Crippen molar-refractivity contribution in [3.05, 3.63) is 101 Å². The van der Waals surface area contributed by atoms with Crippen LogP contribution in [0.2, 0.25) is 5.02 Å². The summed E-state index contributed by atoms with van der Waals surface area (Å²) in [6.07, 6.45) is 1.07. The van der Waals surface area contributed by atoms with E-state index >= 15 is 0 Å². The lowest BCUT2D eigenvalue weighted by Gasteiger charge is -2.35. The molecule has 3 N–H and O–H groups in total. The number of hydrogen-bond acceptors (Lipinski definition) is 3. The van der Waals surface area contributed by atoms with E-state index in [9.17, 15) is 14.4 Å². The van der Waals surface area contributed by atoms with Gasteiger partial charge in [-0.1, -0.05) is 98.6 Å². The van der Waals surface area contributed by atoms with Gasteiger partial charge in [-0.3, -0.25) is 19.9 Å². The number of primary amides is 1. The number of carbonyl (C=O) groups is 3. The summed E-state index contributed by atoms with van der Waals surface area (Å²) in [5.74, 6) is -0.805. The second-order valence-corrected chi connectivity index (χ2v) is 12.1. The molecule has 0 radical (unpaired) electrons. The summed E-state index contributed by atoms with van der Waals surface area (Å²) in [7, 11) is 0. The maximum atomic E-state index is 14.5. The molecule has 0 spiro atoms. The number of amides is 4. The Morgan fingerprint density at radius 3 is 2.27 bits per heavy atom. The molecule has 0 aromatic heterocycles. The number of hydrogen-bond donors (Lipinski definition) is 2. The number of nitrogens with two attached hydrogens (primary N) is 1. The van der Waals surface area contributed by atoms with Crippen LogP contribution in [0.3, 0.4) is 0 Å². The average Bonchev–Trinajstić information content (AvgIpc) is 3.01. The van der Waals surface area contributed by atoms with Crippen LogP contribution in [0.25, 0.3) is 0 Å². The normalized spacial score (nSPS) is 19.6. The highest BCUT2D eigenvalue weighted by Gasteiger charge is 2.43. The molecule has 3 aromatic carbocycles. The Labute approximate surface area is 241 Å². The van der Waals surface area contributed by atoms with E-state index in [1.54, 1.807) is 24.3 Å². The zero-order valence-corrected chi connectivity index (χ0v) is 24.2. The molecule has 0 saturated carbocycles. The lowest BCUT2D eigenvalue weighted by atomic mass is 9.86. The molecule has 3 unspecified atom stereocenters. The highest BCUT2D eigenvalue weighted by Crippen LogP contribution is 2.41. The Kier molecular flexibility index (Phi) is 8.84. The van der Waals surface area contributed by atoms with Crippen molar-refractivity contribution in [2.45, 2.75) is 65.0 Å². The first-order valence-electron chi connectivity index (χ1n) is 13.5. The van der Waals surface area contributed by atoms with Crippen LogP contribution in [-0.2, 0) is 9.59 Å². The monoisotopic (exact) mass is 560 g/mol. The van der Waals surface area contributed by atoms with Crippen LogP contribution in [0.15, 0.2) is 78.9 Å². The second-order valence-electron chi connectivity index (χ2n) is 11.7. The van der Waals surface area contributed by atoms with Gasteiger partial charge >= 0.3 is 6.03 Å². The lowest BCUT2D eigenvalue weighted by Crippen LogP contribution is -2.57. The van der Waals surface area contributed by atoms with Crippen LogP contribution >= 0.6 is 11.6 Å². The molecule has 0 bridgehead atoms. The average molecular weight is 561 g/mol. The van der Waals surface area contributed by atoms with Crippen molar-refractivity contribution in [2.24, 2.45) is 11.1 Å². The summed E-state index contributed by atoms with van der Waals surface area (Å²) in [6.45, 7) is 7.90. The molecular weight excluding hydrogens is 524 g/mol. The fraction of sp³-hybridized carbons (Fsp3) is 0.344. The molecule has 1 aliphatic rings. The summed E-state index contributed by atoms with van der Waals surface area (Å²) in [5, 5.41) is 1.84. The van der Waals surface area contributed by atoms with Gasteiger partial charge in [0.25, 0.3) is 5.91 Å². The molecule has 1 saturated heterocycles. The van der Waals surface area contributed by atoms with E-state index in [2.05, 4.69) is 5.43 Å². The van der Waals surface area contributed by atoms with Gasteiger partial charge < -0.3 is 5.73 Å². The Balaban J connectivity index is 1.87. The molecule has 7 nitrogen and oxygen atoms in total. The summed E-state index contributed by atoms with van der Waals surface area (Å²) >= 11 is 6.27. The van der Waals surface area contributed by atoms with E-state index in [-0.39, 0.29) is 23.7 Å². The number of hydrazine groups is 1. The van der Waals surface area contributed by atoms with Crippen molar-refractivity contribution >= 4 is 35.1 Å². The number of aryl methyl sites for hydroxylation is 1. The maximum Gasteiger partial charge on any atom is 0.320 e. The van der Waals surface area contributed by atoms with Gasteiger partial charge in [-0.05, 0) is 60.4 Å². The number of anilines is 1. The molecular formula is C32H37ClN4O3. The number of nitrogens with one attached hydrogen (secondary N) is 1. The van der Waals surface area contributed by atoms with Gasteiger partial charge in [0.2, 0.25) is 5.91 Å². The number of benzene rings is 3. The Bertz CT molecular complexity index is 1370. The molecule has 1 aliphatic heterocycles. The first kappa shape index (κ1) is 29.2. The van der Waals surface area contributed by atoms with Gasteiger partial charge in [-0.15, -0.1) is 0 Å². The van der Waals surface area contributed by atoms with E-state index in [1.807, 2.05) is 82.3 Å². The van der Waals surface area contributed by atoms with Crippen molar-refractivity contribution in [3.63, 3.8) is 0 Å². The van der Waals surface area contributed by atoms with E-state index in [4.69, 9.17) is 17.3 Å². The van der Waals surface area contributed by atoms with Crippen LogP contribution in [-0.4, -0.2) is 28.9 Å².